The lowest BCUT2D eigenvalue weighted by Crippen LogP contribution is -2.00. The van der Waals surface area contributed by atoms with Crippen LogP contribution < -0.4 is 4.74 Å². The zero-order chi connectivity index (χ0) is 13.4. The molecule has 0 saturated heterocycles. The highest BCUT2D eigenvalue weighted by Crippen LogP contribution is 2.14. The van der Waals surface area contributed by atoms with Gasteiger partial charge in [-0.2, -0.15) is 0 Å². The van der Waals surface area contributed by atoms with E-state index in [4.69, 9.17) is 4.74 Å². The smallest absolute Gasteiger partial charge is 0.162 e. The molecule has 3 nitrogen and oxygen atoms in total. The predicted molar refractivity (Wildman–Crippen MR) is 71.1 cm³/mol. The molecule has 0 atom stereocenters. The summed E-state index contributed by atoms with van der Waals surface area (Å²) >= 11 is 0. The van der Waals surface area contributed by atoms with Crippen LogP contribution in [0.25, 0.3) is 0 Å². The van der Waals surface area contributed by atoms with Crippen molar-refractivity contribution in [1.29, 1.82) is 0 Å². The topological polar surface area (TPSA) is 43.4 Å². The molecule has 0 aromatic heterocycles. The van der Waals surface area contributed by atoms with Gasteiger partial charge in [0, 0.05) is 18.4 Å². The molecule has 0 unspecified atom stereocenters. The maximum absolute atomic E-state index is 11.4. The minimum absolute atomic E-state index is 0.142. The van der Waals surface area contributed by atoms with Gasteiger partial charge in [-0.1, -0.05) is 6.92 Å². The van der Waals surface area contributed by atoms with Gasteiger partial charge in [0.05, 0.1) is 6.61 Å². The third kappa shape index (κ3) is 5.13. The van der Waals surface area contributed by atoms with Gasteiger partial charge in [-0.25, -0.2) is 0 Å². The summed E-state index contributed by atoms with van der Waals surface area (Å²) in [6.07, 6.45) is 2.87. The van der Waals surface area contributed by atoms with Crippen LogP contribution in [0.2, 0.25) is 0 Å². The molecule has 0 saturated carbocycles. The molecule has 0 N–H and O–H groups in total. The summed E-state index contributed by atoms with van der Waals surface area (Å²) in [4.78, 5) is 22.1. The van der Waals surface area contributed by atoms with Gasteiger partial charge in [-0.05, 0) is 44.0 Å². The highest BCUT2D eigenvalue weighted by Gasteiger charge is 2.02. The van der Waals surface area contributed by atoms with Gasteiger partial charge in [0.25, 0.3) is 0 Å². The van der Waals surface area contributed by atoms with Gasteiger partial charge in [0.1, 0.15) is 11.5 Å². The average Bonchev–Trinajstić information content (AvgIpc) is 2.38. The molecule has 3 heteroatoms. The van der Waals surface area contributed by atoms with Crippen molar-refractivity contribution in [1.82, 2.24) is 0 Å². The third-order valence-electron chi connectivity index (χ3n) is 2.69. The SMILES string of the molecule is CCC(=O)c1ccc(OCCCCC(C)=O)cc1. The van der Waals surface area contributed by atoms with Crippen molar-refractivity contribution < 1.29 is 14.3 Å². The van der Waals surface area contributed by atoms with E-state index in [2.05, 4.69) is 0 Å². The molecule has 0 aliphatic carbocycles. The van der Waals surface area contributed by atoms with E-state index in [0.717, 1.165) is 24.2 Å². The standard InChI is InChI=1S/C15H20O3/c1-3-15(17)13-7-9-14(10-8-13)18-11-5-4-6-12(2)16/h7-10H,3-6,11H2,1-2H3. The summed E-state index contributed by atoms with van der Waals surface area (Å²) in [6.45, 7) is 4.06. The number of ketones is 2. The normalized spacial score (nSPS) is 10.1. The van der Waals surface area contributed by atoms with E-state index in [1.807, 2.05) is 19.1 Å². The molecule has 1 rings (SSSR count). The molecule has 0 aliphatic rings. The van der Waals surface area contributed by atoms with Crippen LogP contribution in [-0.4, -0.2) is 18.2 Å². The minimum Gasteiger partial charge on any atom is -0.494 e. The Morgan fingerprint density at radius 1 is 1.11 bits per heavy atom. The lowest BCUT2D eigenvalue weighted by Gasteiger charge is -2.06. The molecule has 18 heavy (non-hydrogen) atoms. The number of carbonyl (C=O) groups is 2. The lowest BCUT2D eigenvalue weighted by molar-refractivity contribution is -0.117. The third-order valence-corrected chi connectivity index (χ3v) is 2.69. The molecular formula is C15H20O3. The maximum atomic E-state index is 11.4. The van der Waals surface area contributed by atoms with E-state index >= 15 is 0 Å². The largest absolute Gasteiger partial charge is 0.494 e. The van der Waals surface area contributed by atoms with E-state index in [1.165, 1.54) is 0 Å². The molecule has 0 aliphatic heterocycles. The molecule has 98 valence electrons. The Morgan fingerprint density at radius 3 is 2.33 bits per heavy atom. The molecule has 0 spiro atoms. The van der Waals surface area contributed by atoms with Crippen LogP contribution in [0.15, 0.2) is 24.3 Å². The van der Waals surface area contributed by atoms with Crippen LogP contribution in [0.5, 0.6) is 5.75 Å². The second kappa shape index (κ2) is 7.64. The van der Waals surface area contributed by atoms with Crippen molar-refractivity contribution in [3.05, 3.63) is 29.8 Å². The number of benzene rings is 1. The summed E-state index contributed by atoms with van der Waals surface area (Å²) in [5, 5.41) is 0. The van der Waals surface area contributed by atoms with Gasteiger partial charge < -0.3 is 9.53 Å². The second-order valence-corrected chi connectivity index (χ2v) is 4.31. The Bertz CT molecular complexity index is 393. The summed E-state index contributed by atoms with van der Waals surface area (Å²) in [5.41, 5.74) is 0.724. The minimum atomic E-state index is 0.142. The van der Waals surface area contributed by atoms with Crippen LogP contribution in [0.1, 0.15) is 49.9 Å². The molecular weight excluding hydrogens is 228 g/mol. The first-order valence-corrected chi connectivity index (χ1v) is 6.39. The molecule has 0 bridgehead atoms. The van der Waals surface area contributed by atoms with E-state index in [0.29, 0.717) is 19.4 Å². The molecule has 0 fully saturated rings. The highest BCUT2D eigenvalue weighted by molar-refractivity contribution is 5.95. The molecule has 1 aromatic carbocycles. The van der Waals surface area contributed by atoms with Gasteiger partial charge in [-0.15, -0.1) is 0 Å². The van der Waals surface area contributed by atoms with Crippen molar-refractivity contribution in [3.8, 4) is 5.75 Å². The fourth-order valence-corrected chi connectivity index (χ4v) is 1.61. The Labute approximate surface area is 108 Å². The molecule has 0 radical (unpaired) electrons. The van der Waals surface area contributed by atoms with E-state index in [9.17, 15) is 9.59 Å². The van der Waals surface area contributed by atoms with Gasteiger partial charge in [0.15, 0.2) is 5.78 Å². The lowest BCUT2D eigenvalue weighted by atomic mass is 10.1. The Balaban J connectivity index is 2.31. The first kappa shape index (κ1) is 14.4. The van der Waals surface area contributed by atoms with Crippen molar-refractivity contribution in [2.45, 2.75) is 39.5 Å². The summed E-state index contributed by atoms with van der Waals surface area (Å²) in [6, 6.07) is 7.20. The van der Waals surface area contributed by atoms with Crippen molar-refractivity contribution in [2.75, 3.05) is 6.61 Å². The van der Waals surface area contributed by atoms with Crippen LogP contribution in [0, 0.1) is 0 Å². The van der Waals surface area contributed by atoms with E-state index < -0.39 is 0 Å². The molecule has 1 aromatic rings. The number of Topliss-reactive ketones (excluding diaryl/α,β-unsaturated/α-hetero) is 2. The van der Waals surface area contributed by atoms with Crippen molar-refractivity contribution in [2.24, 2.45) is 0 Å². The fraction of sp³-hybridized carbons (Fsp3) is 0.467. The van der Waals surface area contributed by atoms with Crippen LogP contribution in [-0.2, 0) is 4.79 Å². The number of ether oxygens (including phenoxy) is 1. The zero-order valence-corrected chi connectivity index (χ0v) is 11.1. The van der Waals surface area contributed by atoms with Crippen molar-refractivity contribution in [3.63, 3.8) is 0 Å². The predicted octanol–water partition coefficient (Wildman–Crippen LogP) is 3.42. The van der Waals surface area contributed by atoms with Crippen LogP contribution >= 0.6 is 0 Å². The Kier molecular flexibility index (Phi) is 6.12. The quantitative estimate of drug-likeness (QED) is 0.523. The average molecular weight is 248 g/mol. The highest BCUT2D eigenvalue weighted by atomic mass is 16.5. The van der Waals surface area contributed by atoms with E-state index in [1.54, 1.807) is 19.1 Å². The summed E-state index contributed by atoms with van der Waals surface area (Å²) < 4.78 is 5.53. The number of rotatable bonds is 8. The van der Waals surface area contributed by atoms with Gasteiger partial charge in [-0.3, -0.25) is 4.79 Å². The monoisotopic (exact) mass is 248 g/mol. The second-order valence-electron chi connectivity index (χ2n) is 4.31. The summed E-state index contributed by atoms with van der Waals surface area (Å²) in [5.74, 6) is 1.13. The number of carbonyl (C=O) groups excluding carboxylic acids is 2. The van der Waals surface area contributed by atoms with Gasteiger partial charge >= 0.3 is 0 Å². The maximum Gasteiger partial charge on any atom is 0.162 e. The fourth-order valence-electron chi connectivity index (χ4n) is 1.61. The van der Waals surface area contributed by atoms with Crippen LogP contribution in [0.4, 0.5) is 0 Å². The van der Waals surface area contributed by atoms with E-state index in [-0.39, 0.29) is 11.6 Å². The zero-order valence-electron chi connectivity index (χ0n) is 11.1. The van der Waals surface area contributed by atoms with Crippen molar-refractivity contribution >= 4 is 11.6 Å². The van der Waals surface area contributed by atoms with Gasteiger partial charge in [0.2, 0.25) is 0 Å². The number of hydrogen-bond acceptors (Lipinski definition) is 3. The molecule has 0 heterocycles. The Morgan fingerprint density at radius 2 is 1.78 bits per heavy atom. The summed E-state index contributed by atoms with van der Waals surface area (Å²) in [7, 11) is 0. The van der Waals surface area contributed by atoms with Crippen LogP contribution in [0.3, 0.4) is 0 Å². The molecule has 0 amide bonds. The number of hydrogen-bond donors (Lipinski definition) is 0. The first-order chi connectivity index (χ1) is 8.63. The number of unbranched alkanes of at least 4 members (excludes halogenated alkanes) is 1. The first-order valence-electron chi connectivity index (χ1n) is 6.39. The Hall–Kier alpha value is -1.64.